The van der Waals surface area contributed by atoms with Gasteiger partial charge in [-0.05, 0) is 367 Å². The summed E-state index contributed by atoms with van der Waals surface area (Å²) in [7, 11) is 4.65. The topological polar surface area (TPSA) is 335 Å². The second-order valence-electron chi connectivity index (χ2n) is 46.7. The highest BCUT2D eigenvalue weighted by Gasteiger charge is 2.70. The van der Waals surface area contributed by atoms with Crippen molar-refractivity contribution in [1.29, 1.82) is 0 Å². The fourth-order valence-corrected chi connectivity index (χ4v) is 33.7. The third-order valence-corrected chi connectivity index (χ3v) is 40.7. The first kappa shape index (κ1) is 96.6. The van der Waals surface area contributed by atoms with Crippen molar-refractivity contribution >= 4 is 35.8 Å². The number of ether oxygens (including phenoxy) is 12. The molecule has 24 nitrogen and oxygen atoms in total. The van der Waals surface area contributed by atoms with Crippen LogP contribution in [0.15, 0.2) is 54.6 Å². The minimum absolute atomic E-state index is 0.00381. The van der Waals surface area contributed by atoms with Crippen molar-refractivity contribution < 1.29 is 116 Å². The third-order valence-electron chi connectivity index (χ3n) is 40.7. The van der Waals surface area contributed by atoms with E-state index in [1.807, 2.05) is 0 Å². The van der Waals surface area contributed by atoms with E-state index in [4.69, 9.17) is 56.8 Å². The van der Waals surface area contributed by atoms with Crippen molar-refractivity contribution in [2.45, 2.75) is 330 Å². The van der Waals surface area contributed by atoms with Crippen LogP contribution in [0.2, 0.25) is 0 Å². The minimum atomic E-state index is -0.698. The molecule has 12 saturated carbocycles. The zero-order valence-corrected chi connectivity index (χ0v) is 81.8. The molecule has 0 aromatic heterocycles. The molecule has 0 radical (unpaired) electrons. The third kappa shape index (κ3) is 17.0. The molecule has 738 valence electrons. The van der Waals surface area contributed by atoms with Gasteiger partial charge in [0.25, 0.3) is 0 Å². The Bertz CT molecular complexity index is 4530. The lowest BCUT2D eigenvalue weighted by atomic mass is 9.43. The number of aliphatic hydroxyl groups excluding tert-OH is 6. The van der Waals surface area contributed by atoms with Gasteiger partial charge in [-0.15, -0.1) is 0 Å². The molecule has 12 fully saturated rings. The van der Waals surface area contributed by atoms with Gasteiger partial charge in [-0.2, -0.15) is 0 Å². The standard InChI is InChI=1S/C111H150O24/c1-58-16-13-31-130-100(118)61-37-67-52-127-54-69-39-62-41-71(98(69)125-11)56-129-57-72-42-63(40-70(99(72)126-12)55-128-53-68(38-61)97(67)124-10)102(120)132-33-15-18-60(3)81-21-24-84-96-87(51-93(117)111(81,84)9)108(6)30-27-78(45-75(108)48-90(96)114)135-105(123)66-35-64(103(121)133-76-25-28-106(4)73(43-76)46-88(112)94-82-22-19-79(58)109(82,7)91(115)49-85(94)106)34-65(36-66)104(122)134-77-26-29-107(5)74(44-77)47-89(113)95-83-23-20-80(59(2)17-14-32-131-101(62)119)110(83,8)92(116)50-86(95)107/h34-42,58-60,73-96,112-117H,13-33,43-57H2,1-12H3/t58-,59-,60-,73+,74+,75+,76-,77-,78-,79-,80-,81-,82+,83+,84+,85+,86+,87+,88-,89-,90-,91+,92+,93+,94+,95+,96+,106+,107+,108+,109-,110-,111-/m1/s1. The SMILES string of the molecule is COc1c2cc3cc1COCc1cc4cc(c1OC)COCc1cc(cc(c1OC)COC2)C(=O)OCCC[C@@H](C)[C@H]1CC[C@H]2[C@@H]5[C@H](O)C[C@@H]6C[C@@H](CC[C@]6(C)[C@H]5C[C@H](O)[C@]12C)OC(=O)c1cc(cc(c1)C(=O)O[C@@H]1CC[C@@]2(C)[C@@H](C1)C[C@@H](O)[C@@H]1[C@@H]2C[C@H](O)[C@]2(C)[C@H](CC[C@@H]12)[C@H](C)CCCOC4=O)C(=O)O[C@@H]1CC[C@@]2(C)[C@@H](C1)C[C@@H](O)[C@@H]1[C@@H]2C[C@H](O)[C@]2(C)[C@H](CC[C@@H]12)[C@H](C)CCCOC3=O. The highest BCUT2D eigenvalue weighted by molar-refractivity contribution is 6.01. The van der Waals surface area contributed by atoms with E-state index in [9.17, 15) is 45.0 Å². The Balaban J connectivity index is 0.677. The molecule has 0 amide bonds. The van der Waals surface area contributed by atoms with Crippen LogP contribution < -0.4 is 14.2 Å². The Morgan fingerprint density at radius 3 is 0.770 bits per heavy atom. The van der Waals surface area contributed by atoms with Crippen LogP contribution in [0.5, 0.6) is 17.2 Å². The van der Waals surface area contributed by atoms with Gasteiger partial charge >= 0.3 is 35.8 Å². The molecular formula is C111H150O24. The summed E-state index contributed by atoms with van der Waals surface area (Å²) in [6.45, 7) is 20.3. The number of hydrogen-bond donors (Lipinski definition) is 6. The summed E-state index contributed by atoms with van der Waals surface area (Å²) in [5.41, 5.74) is 1.40. The number of esters is 6. The van der Waals surface area contributed by atoms with E-state index in [-0.39, 0.29) is 216 Å². The van der Waals surface area contributed by atoms with Crippen molar-refractivity contribution in [1.82, 2.24) is 0 Å². The van der Waals surface area contributed by atoms with Gasteiger partial charge in [0.05, 0.1) is 151 Å². The van der Waals surface area contributed by atoms with Gasteiger partial charge in [-0.3, -0.25) is 0 Å². The molecule has 0 saturated heterocycles. The van der Waals surface area contributed by atoms with Gasteiger partial charge in [-0.1, -0.05) is 62.3 Å². The molecule has 24 heteroatoms. The average molecular weight is 1870 g/mol. The van der Waals surface area contributed by atoms with Crippen LogP contribution in [-0.4, -0.2) is 163 Å². The number of benzene rings is 4. The molecule has 21 aliphatic heterocycles. The molecule has 37 rings (SSSR count). The van der Waals surface area contributed by atoms with Crippen molar-refractivity contribution in [3.05, 3.63) is 121 Å². The number of hydrogen-bond acceptors (Lipinski definition) is 24. The Labute approximate surface area is 796 Å². The maximum atomic E-state index is 15.2. The van der Waals surface area contributed by atoms with Crippen LogP contribution in [-0.2, 0) is 82.3 Å². The zero-order valence-electron chi connectivity index (χ0n) is 81.8. The number of aliphatic hydroxyl groups is 6. The van der Waals surface area contributed by atoms with E-state index < -0.39 is 107 Å². The van der Waals surface area contributed by atoms with E-state index >= 15 is 14.4 Å². The maximum absolute atomic E-state index is 15.2. The van der Waals surface area contributed by atoms with E-state index in [1.54, 1.807) is 57.7 Å². The number of rotatable bonds is 3. The Morgan fingerprint density at radius 1 is 0.289 bits per heavy atom. The Kier molecular flexibility index (Phi) is 27.2. The van der Waals surface area contributed by atoms with Crippen molar-refractivity contribution in [3.8, 4) is 17.2 Å². The van der Waals surface area contributed by atoms with Gasteiger partial charge in [0.15, 0.2) is 0 Å². The fraction of sp³-hybridized carbons (Fsp3) is 0.730. The first-order valence-electron chi connectivity index (χ1n) is 51.8. The lowest BCUT2D eigenvalue weighted by Gasteiger charge is -2.63. The first-order valence-corrected chi connectivity index (χ1v) is 51.8. The summed E-state index contributed by atoms with van der Waals surface area (Å²) in [6, 6.07) is 14.7. The van der Waals surface area contributed by atoms with Gasteiger partial charge in [0, 0.05) is 33.4 Å². The number of methoxy groups -OCH3 is 3. The lowest BCUT2D eigenvalue weighted by molar-refractivity contribution is -0.207. The maximum Gasteiger partial charge on any atom is 0.338 e. The Morgan fingerprint density at radius 2 is 0.526 bits per heavy atom. The quantitative estimate of drug-likeness (QED) is 0.0820. The summed E-state index contributed by atoms with van der Waals surface area (Å²) < 4.78 is 77.1. The van der Waals surface area contributed by atoms with Crippen LogP contribution in [0, 0.1) is 139 Å². The van der Waals surface area contributed by atoms with Crippen molar-refractivity contribution in [2.24, 2.45) is 139 Å². The summed E-state index contributed by atoms with van der Waals surface area (Å²) in [6.07, 6.45) is 11.5. The molecule has 135 heavy (non-hydrogen) atoms. The normalized spacial score (nSPS) is 42.6. The van der Waals surface area contributed by atoms with Crippen LogP contribution in [0.3, 0.4) is 0 Å². The molecule has 6 N–H and O–H groups in total. The molecule has 36 bridgehead atoms. The Hall–Kier alpha value is -7.26. The lowest BCUT2D eigenvalue weighted by Crippen LogP contribution is -2.62. The van der Waals surface area contributed by atoms with E-state index in [0.29, 0.717) is 185 Å². The largest absolute Gasteiger partial charge is 0.496 e. The predicted molar refractivity (Wildman–Crippen MR) is 499 cm³/mol. The summed E-state index contributed by atoms with van der Waals surface area (Å²) >= 11 is 0. The van der Waals surface area contributed by atoms with Gasteiger partial charge in [-0.25, -0.2) is 28.8 Å². The molecular weight excluding hydrogens is 1720 g/mol. The van der Waals surface area contributed by atoms with Gasteiger partial charge in [0.2, 0.25) is 0 Å². The highest BCUT2D eigenvalue weighted by Crippen LogP contribution is 2.73. The fourth-order valence-electron chi connectivity index (χ4n) is 33.7. The van der Waals surface area contributed by atoms with Crippen LogP contribution in [0.4, 0.5) is 0 Å². The summed E-state index contributed by atoms with van der Waals surface area (Å²) in [5, 5.41) is 76.9. The van der Waals surface area contributed by atoms with Crippen molar-refractivity contribution in [2.75, 3.05) is 41.2 Å². The second-order valence-corrected chi connectivity index (χ2v) is 46.7. The number of carbonyl (C=O) groups excluding carboxylic acids is 6. The molecule has 21 heterocycles. The van der Waals surface area contributed by atoms with E-state index in [2.05, 4.69) is 62.3 Å². The second kappa shape index (κ2) is 38.0. The monoisotopic (exact) mass is 1870 g/mol. The highest BCUT2D eigenvalue weighted by atomic mass is 16.6. The van der Waals surface area contributed by atoms with E-state index in [0.717, 1.165) is 38.5 Å². The summed E-state index contributed by atoms with van der Waals surface area (Å²) in [5.74, 6) is -2.11. The van der Waals surface area contributed by atoms with Crippen LogP contribution >= 0.6 is 0 Å². The first-order chi connectivity index (χ1) is 64.6. The van der Waals surface area contributed by atoms with Gasteiger partial charge < -0.3 is 87.5 Å². The molecule has 0 spiro atoms. The van der Waals surface area contributed by atoms with E-state index in [1.165, 1.54) is 18.2 Å². The molecule has 33 atom stereocenters. The van der Waals surface area contributed by atoms with Gasteiger partial charge in [0.1, 0.15) is 35.6 Å². The minimum Gasteiger partial charge on any atom is -0.496 e. The smallest absolute Gasteiger partial charge is 0.338 e. The zero-order chi connectivity index (χ0) is 95.0. The molecule has 4 aromatic carbocycles. The molecule has 4 aromatic rings. The molecule has 0 unspecified atom stereocenters. The number of carbonyl (C=O) groups is 6. The summed E-state index contributed by atoms with van der Waals surface area (Å²) in [4.78, 5) is 90.1. The molecule has 12 aliphatic carbocycles. The van der Waals surface area contributed by atoms with Crippen LogP contribution in [0.25, 0.3) is 0 Å². The van der Waals surface area contributed by atoms with Crippen LogP contribution in [0.1, 0.15) is 331 Å². The average Bonchev–Trinajstić information content (AvgIpc) is 1.67. The predicted octanol–water partition coefficient (Wildman–Crippen LogP) is 18.0. The molecule has 33 aliphatic rings. The van der Waals surface area contributed by atoms with Crippen molar-refractivity contribution in [3.63, 3.8) is 0 Å².